The molecule has 0 fully saturated rings. The lowest BCUT2D eigenvalue weighted by atomic mass is 9.96. The van der Waals surface area contributed by atoms with Crippen LogP contribution < -0.4 is 10.6 Å². The van der Waals surface area contributed by atoms with Gasteiger partial charge in [0.25, 0.3) is 0 Å². The first-order valence-electron chi connectivity index (χ1n) is 9.73. The third-order valence-corrected chi connectivity index (χ3v) is 4.76. The second-order valence-electron chi connectivity index (χ2n) is 7.06. The van der Waals surface area contributed by atoms with Gasteiger partial charge in [-0.1, -0.05) is 42.5 Å². The Morgan fingerprint density at radius 3 is 2.57 bits per heavy atom. The van der Waals surface area contributed by atoms with E-state index in [4.69, 9.17) is 0 Å². The van der Waals surface area contributed by atoms with Crippen LogP contribution in [0, 0.1) is 6.92 Å². The van der Waals surface area contributed by atoms with Gasteiger partial charge in [0, 0.05) is 19.6 Å². The summed E-state index contributed by atoms with van der Waals surface area (Å²) in [5.74, 6) is 1.69. The number of hydrogen-bond acceptors (Lipinski definition) is 3. The Morgan fingerprint density at radius 1 is 1.11 bits per heavy atom. The Labute approximate surface area is 166 Å². The second-order valence-corrected chi connectivity index (χ2v) is 7.06. The number of aliphatic imine (C=N–C) groups is 1. The highest BCUT2D eigenvalue weighted by Crippen LogP contribution is 2.20. The van der Waals surface area contributed by atoms with Gasteiger partial charge in [0.05, 0.1) is 17.6 Å². The summed E-state index contributed by atoms with van der Waals surface area (Å²) in [6, 6.07) is 17.8. The fourth-order valence-electron chi connectivity index (χ4n) is 3.23. The maximum Gasteiger partial charge on any atom is 0.191 e. The number of guanidine groups is 1. The molecule has 0 aliphatic carbocycles. The first kappa shape index (κ1) is 19.9. The van der Waals surface area contributed by atoms with E-state index in [1.54, 1.807) is 6.92 Å². The molecule has 1 heterocycles. The van der Waals surface area contributed by atoms with Crippen LogP contribution in [0.2, 0.25) is 0 Å². The lowest BCUT2D eigenvalue weighted by Gasteiger charge is -2.22. The van der Waals surface area contributed by atoms with Gasteiger partial charge in [-0.05, 0) is 38.5 Å². The van der Waals surface area contributed by atoms with Crippen LogP contribution in [0.3, 0.4) is 0 Å². The van der Waals surface area contributed by atoms with Crippen molar-refractivity contribution in [1.82, 2.24) is 20.2 Å². The number of imidazole rings is 1. The van der Waals surface area contributed by atoms with Gasteiger partial charge in [-0.2, -0.15) is 0 Å². The molecular formula is C22H29N5O. The third kappa shape index (κ3) is 4.70. The third-order valence-electron chi connectivity index (χ3n) is 4.76. The maximum absolute atomic E-state index is 10.8. The monoisotopic (exact) mass is 379 g/mol. The lowest BCUT2D eigenvalue weighted by molar-refractivity contribution is 0.0672. The molecule has 0 aliphatic heterocycles. The molecule has 0 saturated carbocycles. The van der Waals surface area contributed by atoms with E-state index >= 15 is 0 Å². The summed E-state index contributed by atoms with van der Waals surface area (Å²) < 4.78 is 2.20. The predicted octanol–water partition coefficient (Wildman–Crippen LogP) is 2.81. The molecule has 0 spiro atoms. The number of para-hydroxylation sites is 2. The predicted molar refractivity (Wildman–Crippen MR) is 114 cm³/mol. The first-order valence-corrected chi connectivity index (χ1v) is 9.73. The number of aliphatic hydroxyl groups is 1. The largest absolute Gasteiger partial charge is 0.384 e. The van der Waals surface area contributed by atoms with Gasteiger partial charge in [0.2, 0.25) is 0 Å². The van der Waals surface area contributed by atoms with E-state index in [0.717, 1.165) is 35.5 Å². The zero-order valence-electron chi connectivity index (χ0n) is 16.8. The van der Waals surface area contributed by atoms with Crippen molar-refractivity contribution in [3.63, 3.8) is 0 Å². The zero-order chi connectivity index (χ0) is 20.0. The molecule has 2 aromatic carbocycles. The zero-order valence-corrected chi connectivity index (χ0v) is 16.8. The first-order chi connectivity index (χ1) is 13.5. The smallest absolute Gasteiger partial charge is 0.191 e. The van der Waals surface area contributed by atoms with Gasteiger partial charge >= 0.3 is 0 Å². The van der Waals surface area contributed by atoms with E-state index in [0.29, 0.717) is 12.5 Å². The van der Waals surface area contributed by atoms with Crippen LogP contribution in [-0.2, 0) is 12.1 Å². The Kier molecular flexibility index (Phi) is 6.31. The number of rotatable bonds is 7. The van der Waals surface area contributed by atoms with Crippen LogP contribution in [0.5, 0.6) is 0 Å². The normalized spacial score (nSPS) is 14.1. The number of aromatic nitrogens is 2. The summed E-state index contributed by atoms with van der Waals surface area (Å²) in [4.78, 5) is 9.19. The van der Waals surface area contributed by atoms with E-state index in [2.05, 4.69) is 31.2 Å². The van der Waals surface area contributed by atoms with E-state index in [1.165, 1.54) is 0 Å². The molecule has 1 unspecified atom stereocenters. The highest BCUT2D eigenvalue weighted by Gasteiger charge is 2.22. The van der Waals surface area contributed by atoms with Crippen LogP contribution in [0.4, 0.5) is 0 Å². The van der Waals surface area contributed by atoms with Gasteiger partial charge in [0.1, 0.15) is 11.4 Å². The van der Waals surface area contributed by atoms with Crippen molar-refractivity contribution < 1.29 is 5.11 Å². The average molecular weight is 380 g/mol. The number of nitrogens with one attached hydrogen (secondary N) is 2. The van der Waals surface area contributed by atoms with Crippen molar-refractivity contribution in [3.05, 3.63) is 66.0 Å². The lowest BCUT2D eigenvalue weighted by Crippen LogP contribution is -2.40. The number of aryl methyl sites for hydroxylation is 1. The van der Waals surface area contributed by atoms with Crippen LogP contribution in [0.25, 0.3) is 11.0 Å². The molecule has 1 atom stereocenters. The van der Waals surface area contributed by atoms with Gasteiger partial charge in [0.15, 0.2) is 5.96 Å². The molecule has 148 valence electrons. The topological polar surface area (TPSA) is 74.5 Å². The molecule has 0 amide bonds. The fraction of sp³-hybridized carbons (Fsp3) is 0.364. The molecule has 6 heteroatoms. The molecule has 3 N–H and O–H groups in total. The molecule has 0 radical (unpaired) electrons. The van der Waals surface area contributed by atoms with Gasteiger partial charge < -0.3 is 20.3 Å². The summed E-state index contributed by atoms with van der Waals surface area (Å²) in [7, 11) is 0. The highest BCUT2D eigenvalue weighted by molar-refractivity contribution is 5.80. The molecule has 0 bridgehead atoms. The summed E-state index contributed by atoms with van der Waals surface area (Å²) in [6.45, 7) is 8.37. The molecule has 3 aromatic rings. The van der Waals surface area contributed by atoms with Gasteiger partial charge in [-0.15, -0.1) is 0 Å². The van der Waals surface area contributed by atoms with Crippen LogP contribution in [0.15, 0.2) is 59.6 Å². The molecule has 0 saturated heterocycles. The van der Waals surface area contributed by atoms with Gasteiger partial charge in [-0.25, -0.2) is 9.98 Å². The summed E-state index contributed by atoms with van der Waals surface area (Å²) in [5, 5.41) is 17.4. The molecule has 1 aromatic heterocycles. The Bertz CT molecular complexity index is 931. The number of fused-ring (bicyclic) bond motifs is 1. The van der Waals surface area contributed by atoms with Crippen LogP contribution in [0.1, 0.15) is 25.2 Å². The molecule has 0 aliphatic rings. The van der Waals surface area contributed by atoms with Crippen molar-refractivity contribution >= 4 is 17.0 Å². The minimum Gasteiger partial charge on any atom is -0.384 e. The minimum atomic E-state index is -1.01. The molecule has 6 nitrogen and oxygen atoms in total. The number of nitrogens with zero attached hydrogens (tertiary/aromatic N) is 3. The van der Waals surface area contributed by atoms with E-state index in [1.807, 2.05) is 62.4 Å². The molecule has 3 rings (SSSR count). The second kappa shape index (κ2) is 8.89. The average Bonchev–Trinajstić information content (AvgIpc) is 3.02. The van der Waals surface area contributed by atoms with E-state index < -0.39 is 5.60 Å². The van der Waals surface area contributed by atoms with Crippen LogP contribution >= 0.6 is 0 Å². The molecular weight excluding hydrogens is 350 g/mol. The number of hydrogen-bond donors (Lipinski definition) is 3. The molecule has 28 heavy (non-hydrogen) atoms. The Balaban J connectivity index is 1.64. The van der Waals surface area contributed by atoms with Crippen molar-refractivity contribution in [2.45, 2.75) is 32.9 Å². The van der Waals surface area contributed by atoms with E-state index in [-0.39, 0.29) is 6.54 Å². The number of benzene rings is 2. The SMILES string of the molecule is CCNC(=NCC(C)(O)c1ccccc1)NCCn1c(C)nc2ccccc21. The standard InChI is InChI=1S/C22H29N5O/c1-4-23-21(25-16-22(3,28)18-10-6-5-7-11-18)24-14-15-27-17(2)26-19-12-8-9-13-20(19)27/h5-13,28H,4,14-16H2,1-3H3,(H2,23,24,25). The summed E-state index contributed by atoms with van der Waals surface area (Å²) in [6.07, 6.45) is 0. The Hall–Kier alpha value is -2.86. The van der Waals surface area contributed by atoms with Crippen molar-refractivity contribution in [2.24, 2.45) is 4.99 Å². The quantitative estimate of drug-likeness (QED) is 0.436. The minimum absolute atomic E-state index is 0.277. The van der Waals surface area contributed by atoms with Crippen LogP contribution in [-0.4, -0.2) is 40.3 Å². The van der Waals surface area contributed by atoms with Gasteiger partial charge in [-0.3, -0.25) is 0 Å². The van der Waals surface area contributed by atoms with Crippen molar-refractivity contribution in [2.75, 3.05) is 19.6 Å². The van der Waals surface area contributed by atoms with Crippen molar-refractivity contribution in [1.29, 1.82) is 0 Å². The maximum atomic E-state index is 10.8. The summed E-state index contributed by atoms with van der Waals surface area (Å²) >= 11 is 0. The fourth-order valence-corrected chi connectivity index (χ4v) is 3.23. The highest BCUT2D eigenvalue weighted by atomic mass is 16.3. The Morgan fingerprint density at radius 2 is 1.82 bits per heavy atom. The van der Waals surface area contributed by atoms with E-state index in [9.17, 15) is 5.11 Å². The summed E-state index contributed by atoms with van der Waals surface area (Å²) in [5.41, 5.74) is 1.99. The van der Waals surface area contributed by atoms with Crippen molar-refractivity contribution in [3.8, 4) is 0 Å².